The van der Waals surface area contributed by atoms with Crippen LogP contribution in [0.4, 0.5) is 0 Å². The minimum Gasteiger partial charge on any atom is -0.480 e. The molecule has 0 spiro atoms. The lowest BCUT2D eigenvalue weighted by molar-refractivity contribution is -0.143. The smallest absolute Gasteiger partial charge is 0.320 e. The standard InChI is InChI=1S/C17H23N3O2S/c21-16(22)14-8-4-10-19(14)15-9-5-11-20(15)17(23)18-12-13-6-2-1-3-7-13/h1-3,6-7,14-15H,4-5,8-12H2,(H,18,23)(H,21,22). The maximum absolute atomic E-state index is 11.4. The van der Waals surface area contributed by atoms with Gasteiger partial charge in [-0.1, -0.05) is 30.3 Å². The fourth-order valence-electron chi connectivity index (χ4n) is 3.62. The number of rotatable bonds is 4. The molecule has 0 bridgehead atoms. The molecule has 2 aliphatic heterocycles. The highest BCUT2D eigenvalue weighted by molar-refractivity contribution is 7.80. The Kier molecular flexibility index (Phi) is 5.13. The maximum Gasteiger partial charge on any atom is 0.320 e. The van der Waals surface area contributed by atoms with Gasteiger partial charge in [-0.3, -0.25) is 9.69 Å². The van der Waals surface area contributed by atoms with Gasteiger partial charge in [0.05, 0.1) is 6.17 Å². The number of likely N-dealkylation sites (tertiary alicyclic amines) is 2. The number of nitrogens with zero attached hydrogens (tertiary/aromatic N) is 2. The van der Waals surface area contributed by atoms with Gasteiger partial charge in [0.15, 0.2) is 5.11 Å². The molecule has 0 saturated carbocycles. The topological polar surface area (TPSA) is 55.8 Å². The minimum atomic E-state index is -0.711. The van der Waals surface area contributed by atoms with Crippen LogP contribution in [0.3, 0.4) is 0 Å². The molecule has 0 aliphatic carbocycles. The Morgan fingerprint density at radius 1 is 1.22 bits per heavy atom. The first-order valence-electron chi connectivity index (χ1n) is 8.24. The molecule has 2 unspecified atom stereocenters. The molecule has 5 nitrogen and oxygen atoms in total. The van der Waals surface area contributed by atoms with Crippen molar-refractivity contribution < 1.29 is 9.90 Å². The van der Waals surface area contributed by atoms with Crippen LogP contribution in [-0.2, 0) is 11.3 Å². The first-order valence-corrected chi connectivity index (χ1v) is 8.64. The quantitative estimate of drug-likeness (QED) is 0.823. The molecule has 2 atom stereocenters. The molecule has 1 aromatic carbocycles. The van der Waals surface area contributed by atoms with Gasteiger partial charge in [0.1, 0.15) is 6.04 Å². The van der Waals surface area contributed by atoms with Gasteiger partial charge in [-0.25, -0.2) is 0 Å². The van der Waals surface area contributed by atoms with E-state index in [1.165, 1.54) is 5.56 Å². The predicted molar refractivity (Wildman–Crippen MR) is 93.0 cm³/mol. The zero-order valence-electron chi connectivity index (χ0n) is 13.1. The van der Waals surface area contributed by atoms with E-state index >= 15 is 0 Å². The molecule has 2 saturated heterocycles. The number of hydrogen-bond donors (Lipinski definition) is 2. The molecule has 0 amide bonds. The van der Waals surface area contributed by atoms with Gasteiger partial charge in [0.25, 0.3) is 0 Å². The second kappa shape index (κ2) is 7.27. The number of thiocarbonyl (C=S) groups is 1. The lowest BCUT2D eigenvalue weighted by Gasteiger charge is -2.36. The molecule has 124 valence electrons. The van der Waals surface area contributed by atoms with Crippen LogP contribution in [0.2, 0.25) is 0 Å². The van der Waals surface area contributed by atoms with Crippen molar-refractivity contribution in [3.8, 4) is 0 Å². The summed E-state index contributed by atoms with van der Waals surface area (Å²) in [5.41, 5.74) is 1.19. The van der Waals surface area contributed by atoms with Gasteiger partial charge in [0.2, 0.25) is 0 Å². The highest BCUT2D eigenvalue weighted by Gasteiger charge is 2.40. The van der Waals surface area contributed by atoms with E-state index in [1.54, 1.807) is 0 Å². The first-order chi connectivity index (χ1) is 11.2. The molecular weight excluding hydrogens is 310 g/mol. The largest absolute Gasteiger partial charge is 0.480 e. The third kappa shape index (κ3) is 3.64. The molecular formula is C17H23N3O2S. The number of carbonyl (C=O) groups is 1. The molecule has 2 fully saturated rings. The van der Waals surface area contributed by atoms with Gasteiger partial charge >= 0.3 is 5.97 Å². The van der Waals surface area contributed by atoms with E-state index in [1.807, 2.05) is 18.2 Å². The third-order valence-electron chi connectivity index (χ3n) is 4.73. The summed E-state index contributed by atoms with van der Waals surface area (Å²) in [6.07, 6.45) is 3.85. The van der Waals surface area contributed by atoms with Crippen LogP contribution in [-0.4, -0.2) is 51.3 Å². The number of benzene rings is 1. The summed E-state index contributed by atoms with van der Waals surface area (Å²) in [6, 6.07) is 9.80. The predicted octanol–water partition coefficient (Wildman–Crippen LogP) is 2.03. The van der Waals surface area contributed by atoms with Crippen molar-refractivity contribution in [1.82, 2.24) is 15.1 Å². The summed E-state index contributed by atoms with van der Waals surface area (Å²) in [4.78, 5) is 15.7. The molecule has 6 heteroatoms. The summed E-state index contributed by atoms with van der Waals surface area (Å²) < 4.78 is 0. The monoisotopic (exact) mass is 333 g/mol. The number of carboxylic acids is 1. The second-order valence-corrected chi connectivity index (χ2v) is 6.58. The molecule has 0 radical (unpaired) electrons. The van der Waals surface area contributed by atoms with Crippen molar-refractivity contribution in [2.24, 2.45) is 0 Å². The summed E-state index contributed by atoms with van der Waals surface area (Å²) in [7, 11) is 0. The number of nitrogens with one attached hydrogen (secondary N) is 1. The number of aliphatic carboxylic acids is 1. The number of carboxylic acid groups (broad SMARTS) is 1. The Labute approximate surface area is 142 Å². The normalized spacial score (nSPS) is 24.8. The Bertz CT molecular complexity index is 566. The molecule has 0 aromatic heterocycles. The van der Waals surface area contributed by atoms with Gasteiger partial charge in [-0.15, -0.1) is 0 Å². The van der Waals surface area contributed by atoms with E-state index in [9.17, 15) is 9.90 Å². The van der Waals surface area contributed by atoms with Crippen LogP contribution in [0.25, 0.3) is 0 Å². The van der Waals surface area contributed by atoms with Gasteiger partial charge in [-0.05, 0) is 43.5 Å². The molecule has 1 aromatic rings. The van der Waals surface area contributed by atoms with Crippen molar-refractivity contribution in [2.75, 3.05) is 13.1 Å². The van der Waals surface area contributed by atoms with E-state index in [-0.39, 0.29) is 12.2 Å². The zero-order valence-corrected chi connectivity index (χ0v) is 14.0. The van der Waals surface area contributed by atoms with E-state index in [0.717, 1.165) is 43.9 Å². The molecule has 2 N–H and O–H groups in total. The number of hydrogen-bond acceptors (Lipinski definition) is 3. The maximum atomic E-state index is 11.4. The second-order valence-electron chi connectivity index (χ2n) is 6.19. The van der Waals surface area contributed by atoms with Crippen LogP contribution < -0.4 is 5.32 Å². The average molecular weight is 333 g/mol. The molecule has 23 heavy (non-hydrogen) atoms. The van der Waals surface area contributed by atoms with Crippen molar-refractivity contribution in [3.05, 3.63) is 35.9 Å². The SMILES string of the molecule is O=C(O)C1CCCN1C1CCCN1C(=S)NCc1ccccc1. The van der Waals surface area contributed by atoms with Crippen molar-refractivity contribution in [1.29, 1.82) is 0 Å². The third-order valence-corrected chi connectivity index (χ3v) is 5.11. The van der Waals surface area contributed by atoms with Crippen LogP contribution in [0.1, 0.15) is 31.2 Å². The fraction of sp³-hybridized carbons (Fsp3) is 0.529. The van der Waals surface area contributed by atoms with Gasteiger partial charge in [0, 0.05) is 19.6 Å². The lowest BCUT2D eigenvalue weighted by atomic mass is 10.2. The Hall–Kier alpha value is -1.66. The molecule has 3 rings (SSSR count). The fourth-order valence-corrected chi connectivity index (χ4v) is 3.90. The average Bonchev–Trinajstić information content (AvgIpc) is 3.21. The highest BCUT2D eigenvalue weighted by Crippen LogP contribution is 2.28. The van der Waals surface area contributed by atoms with Crippen LogP contribution >= 0.6 is 12.2 Å². The van der Waals surface area contributed by atoms with E-state index in [2.05, 4.69) is 27.2 Å². The lowest BCUT2D eigenvalue weighted by Crippen LogP contribution is -2.53. The summed E-state index contributed by atoms with van der Waals surface area (Å²) in [5, 5.41) is 13.5. The Balaban J connectivity index is 1.62. The van der Waals surface area contributed by atoms with E-state index in [0.29, 0.717) is 6.54 Å². The van der Waals surface area contributed by atoms with Crippen LogP contribution in [0.5, 0.6) is 0 Å². The van der Waals surface area contributed by atoms with Crippen molar-refractivity contribution >= 4 is 23.3 Å². The van der Waals surface area contributed by atoms with Gasteiger partial charge < -0.3 is 15.3 Å². The van der Waals surface area contributed by atoms with Crippen molar-refractivity contribution in [3.63, 3.8) is 0 Å². The minimum absolute atomic E-state index is 0.120. The Morgan fingerprint density at radius 2 is 1.96 bits per heavy atom. The molecule has 2 aliphatic rings. The van der Waals surface area contributed by atoms with Crippen molar-refractivity contribution in [2.45, 2.75) is 44.4 Å². The highest BCUT2D eigenvalue weighted by atomic mass is 32.1. The van der Waals surface area contributed by atoms with Gasteiger partial charge in [-0.2, -0.15) is 0 Å². The Morgan fingerprint density at radius 3 is 2.70 bits per heavy atom. The first kappa shape index (κ1) is 16.2. The summed E-state index contributed by atoms with van der Waals surface area (Å²) in [5.74, 6) is -0.711. The summed E-state index contributed by atoms with van der Waals surface area (Å²) >= 11 is 5.57. The van der Waals surface area contributed by atoms with E-state index in [4.69, 9.17) is 12.2 Å². The zero-order chi connectivity index (χ0) is 16.2. The summed E-state index contributed by atoms with van der Waals surface area (Å²) in [6.45, 7) is 2.44. The van der Waals surface area contributed by atoms with Crippen LogP contribution in [0, 0.1) is 0 Å². The van der Waals surface area contributed by atoms with E-state index < -0.39 is 5.97 Å². The van der Waals surface area contributed by atoms with Crippen LogP contribution in [0.15, 0.2) is 30.3 Å². The molecule has 2 heterocycles.